The first-order chi connectivity index (χ1) is 10.1. The van der Waals surface area contributed by atoms with Crippen molar-refractivity contribution in [1.82, 2.24) is 4.90 Å². The zero-order valence-corrected chi connectivity index (χ0v) is 13.5. The molecule has 1 saturated heterocycles. The molecule has 1 aliphatic heterocycles. The van der Waals surface area contributed by atoms with Gasteiger partial charge in [0.2, 0.25) is 0 Å². The minimum absolute atomic E-state index is 0.0938. The SMILES string of the molecule is CCCOc1ccccc1C(N)C(C)(C)N1CCOCC1. The number of hydrogen-bond donors (Lipinski definition) is 1. The van der Waals surface area contributed by atoms with Crippen molar-refractivity contribution in [3.63, 3.8) is 0 Å². The highest BCUT2D eigenvalue weighted by molar-refractivity contribution is 5.37. The van der Waals surface area contributed by atoms with Crippen LogP contribution in [0.2, 0.25) is 0 Å². The summed E-state index contributed by atoms with van der Waals surface area (Å²) in [6.07, 6.45) is 0.996. The van der Waals surface area contributed by atoms with E-state index in [1.807, 2.05) is 18.2 Å². The average molecular weight is 292 g/mol. The highest BCUT2D eigenvalue weighted by atomic mass is 16.5. The van der Waals surface area contributed by atoms with Gasteiger partial charge in [0, 0.05) is 24.2 Å². The van der Waals surface area contributed by atoms with E-state index in [4.69, 9.17) is 15.2 Å². The summed E-state index contributed by atoms with van der Waals surface area (Å²) >= 11 is 0. The molecule has 1 fully saturated rings. The van der Waals surface area contributed by atoms with Gasteiger partial charge in [-0.05, 0) is 26.3 Å². The molecule has 118 valence electrons. The first kappa shape index (κ1) is 16.3. The number of nitrogens with zero attached hydrogens (tertiary/aromatic N) is 1. The Morgan fingerprint density at radius 1 is 1.29 bits per heavy atom. The molecule has 0 aliphatic carbocycles. The Balaban J connectivity index is 2.19. The van der Waals surface area contributed by atoms with E-state index in [-0.39, 0.29) is 11.6 Å². The molecule has 21 heavy (non-hydrogen) atoms. The molecule has 0 spiro atoms. The van der Waals surface area contributed by atoms with Gasteiger partial charge in [-0.2, -0.15) is 0 Å². The van der Waals surface area contributed by atoms with Gasteiger partial charge >= 0.3 is 0 Å². The topological polar surface area (TPSA) is 47.7 Å². The summed E-state index contributed by atoms with van der Waals surface area (Å²) in [7, 11) is 0. The van der Waals surface area contributed by atoms with Crippen molar-refractivity contribution < 1.29 is 9.47 Å². The fraction of sp³-hybridized carbons (Fsp3) is 0.647. The van der Waals surface area contributed by atoms with E-state index in [9.17, 15) is 0 Å². The number of ether oxygens (including phenoxy) is 2. The third-order valence-electron chi connectivity index (χ3n) is 4.30. The summed E-state index contributed by atoms with van der Waals surface area (Å²) in [4.78, 5) is 2.41. The van der Waals surface area contributed by atoms with Gasteiger partial charge in [-0.15, -0.1) is 0 Å². The van der Waals surface area contributed by atoms with Crippen LogP contribution in [0.15, 0.2) is 24.3 Å². The van der Waals surface area contributed by atoms with Gasteiger partial charge in [-0.3, -0.25) is 4.90 Å². The van der Waals surface area contributed by atoms with Crippen LogP contribution < -0.4 is 10.5 Å². The summed E-state index contributed by atoms with van der Waals surface area (Å²) in [5.74, 6) is 0.910. The molecule has 1 heterocycles. The molecule has 2 rings (SSSR count). The van der Waals surface area contributed by atoms with Crippen molar-refractivity contribution in [3.8, 4) is 5.75 Å². The van der Waals surface area contributed by atoms with Gasteiger partial charge in [0.15, 0.2) is 0 Å². The van der Waals surface area contributed by atoms with E-state index in [1.54, 1.807) is 0 Å². The van der Waals surface area contributed by atoms with Crippen molar-refractivity contribution in [2.75, 3.05) is 32.9 Å². The van der Waals surface area contributed by atoms with Crippen LogP contribution >= 0.6 is 0 Å². The second-order valence-corrected chi connectivity index (χ2v) is 6.12. The van der Waals surface area contributed by atoms with Crippen molar-refractivity contribution in [3.05, 3.63) is 29.8 Å². The zero-order valence-electron chi connectivity index (χ0n) is 13.5. The second-order valence-electron chi connectivity index (χ2n) is 6.12. The highest BCUT2D eigenvalue weighted by Gasteiger charge is 2.36. The maximum atomic E-state index is 6.61. The van der Waals surface area contributed by atoms with Crippen molar-refractivity contribution in [2.24, 2.45) is 5.73 Å². The molecule has 0 aromatic heterocycles. The molecule has 1 aromatic carbocycles. The second kappa shape index (κ2) is 7.25. The molecular weight excluding hydrogens is 264 g/mol. The van der Waals surface area contributed by atoms with Crippen molar-refractivity contribution >= 4 is 0 Å². The summed E-state index contributed by atoms with van der Waals surface area (Å²) in [5.41, 5.74) is 7.57. The van der Waals surface area contributed by atoms with Gasteiger partial charge in [0.05, 0.1) is 25.9 Å². The minimum atomic E-state index is -0.130. The molecule has 4 nitrogen and oxygen atoms in total. The Labute approximate surface area is 128 Å². The van der Waals surface area contributed by atoms with Crippen molar-refractivity contribution in [1.29, 1.82) is 0 Å². The summed E-state index contributed by atoms with van der Waals surface area (Å²) in [6, 6.07) is 8.04. The quantitative estimate of drug-likeness (QED) is 0.875. The molecular formula is C17H28N2O2. The lowest BCUT2D eigenvalue weighted by Gasteiger charge is -2.44. The fourth-order valence-electron chi connectivity index (χ4n) is 2.80. The van der Waals surface area contributed by atoms with E-state index in [0.717, 1.165) is 50.6 Å². The normalized spacial score (nSPS) is 18.5. The number of nitrogens with two attached hydrogens (primary N) is 1. The monoisotopic (exact) mass is 292 g/mol. The van der Waals surface area contributed by atoms with Crippen LogP contribution in [-0.2, 0) is 4.74 Å². The van der Waals surface area contributed by atoms with Gasteiger partial charge in [-0.1, -0.05) is 25.1 Å². The first-order valence-corrected chi connectivity index (χ1v) is 7.87. The Morgan fingerprint density at radius 3 is 2.62 bits per heavy atom. The fourth-order valence-corrected chi connectivity index (χ4v) is 2.80. The molecule has 4 heteroatoms. The molecule has 0 amide bonds. The van der Waals surface area contributed by atoms with Crippen LogP contribution in [0.3, 0.4) is 0 Å². The summed E-state index contributed by atoms with van der Waals surface area (Å²) in [6.45, 7) is 10.7. The van der Waals surface area contributed by atoms with Crippen LogP contribution in [0.5, 0.6) is 5.75 Å². The Hall–Kier alpha value is -1.10. The molecule has 1 aromatic rings. The number of hydrogen-bond acceptors (Lipinski definition) is 4. The first-order valence-electron chi connectivity index (χ1n) is 7.87. The standard InChI is InChI=1S/C17H28N2O2/c1-4-11-21-15-8-6-5-7-14(15)16(18)17(2,3)19-9-12-20-13-10-19/h5-8,16H,4,9-13,18H2,1-3H3. The Bertz CT molecular complexity index is 442. The maximum Gasteiger partial charge on any atom is 0.124 e. The number of rotatable bonds is 6. The molecule has 1 unspecified atom stereocenters. The van der Waals surface area contributed by atoms with Crippen LogP contribution in [0.1, 0.15) is 38.8 Å². The molecule has 1 aliphatic rings. The number of benzene rings is 1. The Morgan fingerprint density at radius 2 is 1.95 bits per heavy atom. The maximum absolute atomic E-state index is 6.61. The van der Waals surface area contributed by atoms with Crippen LogP contribution in [0.25, 0.3) is 0 Å². The Kier molecular flexibility index (Phi) is 5.62. The number of morpholine rings is 1. The van der Waals surface area contributed by atoms with Crippen molar-refractivity contribution in [2.45, 2.75) is 38.8 Å². The third kappa shape index (κ3) is 3.76. The average Bonchev–Trinajstić information content (AvgIpc) is 2.53. The van der Waals surface area contributed by atoms with Gasteiger partial charge in [0.1, 0.15) is 5.75 Å². The number of para-hydroxylation sites is 1. The van der Waals surface area contributed by atoms with E-state index < -0.39 is 0 Å². The largest absolute Gasteiger partial charge is 0.493 e. The lowest BCUT2D eigenvalue weighted by molar-refractivity contribution is -0.0193. The molecule has 2 N–H and O–H groups in total. The summed E-state index contributed by atoms with van der Waals surface area (Å²) < 4.78 is 11.3. The minimum Gasteiger partial charge on any atom is -0.493 e. The van der Waals surface area contributed by atoms with E-state index in [1.165, 1.54) is 0 Å². The molecule has 1 atom stereocenters. The zero-order chi connectivity index (χ0) is 15.3. The van der Waals surface area contributed by atoms with E-state index >= 15 is 0 Å². The van der Waals surface area contributed by atoms with Gasteiger partial charge in [0.25, 0.3) is 0 Å². The van der Waals surface area contributed by atoms with E-state index in [0.29, 0.717) is 0 Å². The highest BCUT2D eigenvalue weighted by Crippen LogP contribution is 2.34. The van der Waals surface area contributed by atoms with Crippen LogP contribution in [0, 0.1) is 0 Å². The van der Waals surface area contributed by atoms with Gasteiger partial charge < -0.3 is 15.2 Å². The predicted molar refractivity (Wildman–Crippen MR) is 85.6 cm³/mol. The lowest BCUT2D eigenvalue weighted by Crippen LogP contribution is -2.55. The smallest absolute Gasteiger partial charge is 0.124 e. The third-order valence-corrected chi connectivity index (χ3v) is 4.30. The van der Waals surface area contributed by atoms with Crippen LogP contribution in [0.4, 0.5) is 0 Å². The van der Waals surface area contributed by atoms with Gasteiger partial charge in [-0.25, -0.2) is 0 Å². The molecule has 0 bridgehead atoms. The molecule has 0 radical (unpaired) electrons. The lowest BCUT2D eigenvalue weighted by atomic mass is 9.87. The predicted octanol–water partition coefficient (Wildman–Crippen LogP) is 2.59. The molecule has 0 saturated carbocycles. The van der Waals surface area contributed by atoms with E-state index in [2.05, 4.69) is 31.7 Å². The van der Waals surface area contributed by atoms with Crippen LogP contribution in [-0.4, -0.2) is 43.3 Å². The summed E-state index contributed by atoms with van der Waals surface area (Å²) in [5, 5.41) is 0.